The smallest absolute Gasteiger partial charge is 0.346 e. The van der Waals surface area contributed by atoms with Crippen molar-refractivity contribution in [1.82, 2.24) is 0 Å². The van der Waals surface area contributed by atoms with Gasteiger partial charge in [-0.05, 0) is 31.2 Å². The van der Waals surface area contributed by atoms with Gasteiger partial charge in [0, 0.05) is 12.1 Å². The van der Waals surface area contributed by atoms with E-state index in [2.05, 4.69) is 4.74 Å². The lowest BCUT2D eigenvalue weighted by Gasteiger charge is -2.12. The molecule has 23 heavy (non-hydrogen) atoms. The fourth-order valence-electron chi connectivity index (χ4n) is 2.16. The van der Waals surface area contributed by atoms with Crippen LogP contribution in [0.4, 0.5) is 0 Å². The molecule has 0 aliphatic carbocycles. The normalized spacial score (nSPS) is 15.9. The van der Waals surface area contributed by atoms with Crippen LogP contribution in [0, 0.1) is 0 Å². The molecule has 0 radical (unpaired) electrons. The van der Waals surface area contributed by atoms with E-state index in [0.717, 1.165) is 0 Å². The Bertz CT molecular complexity index is 772. The van der Waals surface area contributed by atoms with E-state index in [1.165, 1.54) is 19.4 Å². The first-order valence-corrected chi connectivity index (χ1v) is 6.95. The van der Waals surface area contributed by atoms with Crippen LogP contribution < -0.4 is 9.47 Å². The molecule has 2 aromatic rings. The van der Waals surface area contributed by atoms with E-state index in [1.807, 2.05) is 0 Å². The molecule has 0 unspecified atom stereocenters. The maximum atomic E-state index is 12.3. The van der Waals surface area contributed by atoms with E-state index in [0.29, 0.717) is 22.8 Å². The Morgan fingerprint density at radius 1 is 1.30 bits per heavy atom. The minimum absolute atomic E-state index is 0.174. The Labute approximate surface area is 132 Å². The summed E-state index contributed by atoms with van der Waals surface area (Å²) in [5.41, 5.74) is 0.431. The summed E-state index contributed by atoms with van der Waals surface area (Å²) in [5.74, 6) is 0.769. The molecule has 1 aliphatic rings. The SMILES string of the molecule is COC(=O)[C@@H](C)Oc1ccc2c(c1)O/C(=C/c1ccco1)C2=O. The molecule has 0 N–H and O–H groups in total. The van der Waals surface area contributed by atoms with Crippen molar-refractivity contribution in [2.45, 2.75) is 13.0 Å². The largest absolute Gasteiger partial charge is 0.479 e. The van der Waals surface area contributed by atoms with Gasteiger partial charge in [0.15, 0.2) is 11.9 Å². The number of ketones is 1. The minimum Gasteiger partial charge on any atom is -0.479 e. The molecule has 1 aliphatic heterocycles. The third-order valence-corrected chi connectivity index (χ3v) is 3.30. The van der Waals surface area contributed by atoms with Crippen LogP contribution in [-0.4, -0.2) is 25.0 Å². The quantitative estimate of drug-likeness (QED) is 0.638. The molecule has 0 saturated heterocycles. The average molecular weight is 314 g/mol. The van der Waals surface area contributed by atoms with Crippen molar-refractivity contribution in [3.63, 3.8) is 0 Å². The molecule has 3 rings (SSSR count). The maximum Gasteiger partial charge on any atom is 0.346 e. The Hall–Kier alpha value is -3.02. The van der Waals surface area contributed by atoms with E-state index in [1.54, 1.807) is 37.3 Å². The number of Topliss-reactive ketones (excluding diaryl/α,β-unsaturated/α-hetero) is 1. The molecule has 0 fully saturated rings. The molecule has 118 valence electrons. The molecular weight excluding hydrogens is 300 g/mol. The number of carbonyl (C=O) groups is 2. The Morgan fingerprint density at radius 2 is 2.13 bits per heavy atom. The number of esters is 1. The number of benzene rings is 1. The van der Waals surface area contributed by atoms with Crippen molar-refractivity contribution >= 4 is 17.8 Å². The summed E-state index contributed by atoms with van der Waals surface area (Å²) >= 11 is 0. The number of fused-ring (bicyclic) bond motifs is 1. The third-order valence-electron chi connectivity index (χ3n) is 3.30. The molecule has 1 atom stereocenters. The maximum absolute atomic E-state index is 12.3. The van der Waals surface area contributed by atoms with E-state index >= 15 is 0 Å². The van der Waals surface area contributed by atoms with Gasteiger partial charge in [0.25, 0.3) is 0 Å². The molecule has 0 bridgehead atoms. The van der Waals surface area contributed by atoms with Gasteiger partial charge < -0.3 is 18.6 Å². The molecule has 6 nitrogen and oxygen atoms in total. The van der Waals surface area contributed by atoms with Crippen molar-refractivity contribution in [2.24, 2.45) is 0 Å². The van der Waals surface area contributed by atoms with Crippen LogP contribution in [0.5, 0.6) is 11.5 Å². The first-order chi connectivity index (χ1) is 11.1. The van der Waals surface area contributed by atoms with Crippen molar-refractivity contribution in [3.05, 3.63) is 53.7 Å². The Kier molecular flexibility index (Phi) is 3.89. The number of furan rings is 1. The van der Waals surface area contributed by atoms with Crippen LogP contribution >= 0.6 is 0 Å². The fraction of sp³-hybridized carbons (Fsp3) is 0.176. The third kappa shape index (κ3) is 2.96. The van der Waals surface area contributed by atoms with Gasteiger partial charge in [-0.15, -0.1) is 0 Å². The zero-order valence-electron chi connectivity index (χ0n) is 12.6. The standard InChI is InChI=1S/C17H14O6/c1-10(17(19)20-2)22-12-5-6-13-14(9-12)23-15(16(13)18)8-11-4-3-7-21-11/h3-10H,1-2H3/b15-8+/t10-/m1/s1. The highest BCUT2D eigenvalue weighted by molar-refractivity contribution is 6.14. The summed E-state index contributed by atoms with van der Waals surface area (Å²) in [6.07, 6.45) is 2.28. The second-order valence-electron chi connectivity index (χ2n) is 4.90. The number of allylic oxidation sites excluding steroid dienone is 1. The van der Waals surface area contributed by atoms with Crippen molar-refractivity contribution < 1.29 is 28.2 Å². The molecule has 0 spiro atoms. The highest BCUT2D eigenvalue weighted by Crippen LogP contribution is 2.35. The van der Waals surface area contributed by atoms with Crippen LogP contribution in [0.2, 0.25) is 0 Å². The first-order valence-electron chi connectivity index (χ1n) is 6.95. The zero-order valence-corrected chi connectivity index (χ0v) is 12.6. The van der Waals surface area contributed by atoms with Gasteiger partial charge in [-0.3, -0.25) is 4.79 Å². The minimum atomic E-state index is -0.756. The van der Waals surface area contributed by atoms with Crippen molar-refractivity contribution in [2.75, 3.05) is 7.11 Å². The lowest BCUT2D eigenvalue weighted by molar-refractivity contribution is -0.147. The van der Waals surface area contributed by atoms with Gasteiger partial charge in [-0.25, -0.2) is 4.79 Å². The lowest BCUT2D eigenvalue weighted by Crippen LogP contribution is -2.24. The number of hydrogen-bond donors (Lipinski definition) is 0. The second kappa shape index (κ2) is 6.00. The highest BCUT2D eigenvalue weighted by atomic mass is 16.6. The van der Waals surface area contributed by atoms with Gasteiger partial charge >= 0.3 is 5.97 Å². The van der Waals surface area contributed by atoms with Gasteiger partial charge in [0.2, 0.25) is 5.78 Å². The van der Waals surface area contributed by atoms with Crippen LogP contribution in [-0.2, 0) is 9.53 Å². The Morgan fingerprint density at radius 3 is 2.83 bits per heavy atom. The summed E-state index contributed by atoms with van der Waals surface area (Å²) in [6.45, 7) is 1.58. The number of methoxy groups -OCH3 is 1. The van der Waals surface area contributed by atoms with Gasteiger partial charge in [-0.2, -0.15) is 0 Å². The van der Waals surface area contributed by atoms with E-state index in [4.69, 9.17) is 13.9 Å². The van der Waals surface area contributed by atoms with E-state index in [-0.39, 0.29) is 11.5 Å². The monoisotopic (exact) mass is 314 g/mol. The number of rotatable bonds is 4. The van der Waals surface area contributed by atoms with E-state index < -0.39 is 12.1 Å². The number of ether oxygens (including phenoxy) is 3. The summed E-state index contributed by atoms with van der Waals surface area (Å²) in [7, 11) is 1.29. The predicted molar refractivity (Wildman–Crippen MR) is 80.2 cm³/mol. The topological polar surface area (TPSA) is 75.0 Å². The number of hydrogen-bond acceptors (Lipinski definition) is 6. The summed E-state index contributed by atoms with van der Waals surface area (Å²) < 4.78 is 20.8. The second-order valence-corrected chi connectivity index (χ2v) is 4.90. The van der Waals surface area contributed by atoms with Gasteiger partial charge in [0.1, 0.15) is 17.3 Å². The van der Waals surface area contributed by atoms with Crippen LogP contribution in [0.3, 0.4) is 0 Å². The average Bonchev–Trinajstić information content (AvgIpc) is 3.15. The number of carbonyl (C=O) groups excluding carboxylic acids is 2. The van der Waals surface area contributed by atoms with Crippen LogP contribution in [0.1, 0.15) is 23.0 Å². The van der Waals surface area contributed by atoms with Crippen molar-refractivity contribution in [3.8, 4) is 11.5 Å². The van der Waals surface area contributed by atoms with Gasteiger partial charge in [-0.1, -0.05) is 0 Å². The summed E-state index contributed by atoms with van der Waals surface area (Å²) in [4.78, 5) is 23.6. The van der Waals surface area contributed by atoms with Crippen LogP contribution in [0.15, 0.2) is 46.8 Å². The highest BCUT2D eigenvalue weighted by Gasteiger charge is 2.28. The van der Waals surface area contributed by atoms with E-state index in [9.17, 15) is 9.59 Å². The Balaban J connectivity index is 1.81. The first kappa shape index (κ1) is 14.9. The summed E-state index contributed by atoms with van der Waals surface area (Å²) in [6, 6.07) is 8.21. The molecule has 1 aromatic carbocycles. The molecular formula is C17H14O6. The molecule has 0 amide bonds. The van der Waals surface area contributed by atoms with Crippen LogP contribution in [0.25, 0.3) is 6.08 Å². The predicted octanol–water partition coefficient (Wildman–Crippen LogP) is 2.84. The molecule has 1 aromatic heterocycles. The molecule has 6 heteroatoms. The molecule has 0 saturated carbocycles. The summed E-state index contributed by atoms with van der Waals surface area (Å²) in [5, 5.41) is 0. The fourth-order valence-corrected chi connectivity index (χ4v) is 2.16. The van der Waals surface area contributed by atoms with Crippen molar-refractivity contribution in [1.29, 1.82) is 0 Å². The lowest BCUT2D eigenvalue weighted by atomic mass is 10.1. The molecule has 2 heterocycles. The van der Waals surface area contributed by atoms with Gasteiger partial charge in [0.05, 0.1) is 18.9 Å². The zero-order chi connectivity index (χ0) is 16.4.